The van der Waals surface area contributed by atoms with Crippen LogP contribution in [0.4, 0.5) is 5.69 Å². The van der Waals surface area contributed by atoms with E-state index in [2.05, 4.69) is 5.32 Å². The molecule has 40 heavy (non-hydrogen) atoms. The van der Waals surface area contributed by atoms with Gasteiger partial charge in [0.1, 0.15) is 18.3 Å². The van der Waals surface area contributed by atoms with E-state index in [-0.39, 0.29) is 41.4 Å². The fourth-order valence-electron chi connectivity index (χ4n) is 4.36. The Labute approximate surface area is 241 Å². The maximum atomic E-state index is 14.2. The molecule has 2 amide bonds. The summed E-state index contributed by atoms with van der Waals surface area (Å²) in [5, 5.41) is 3.22. The van der Waals surface area contributed by atoms with Crippen molar-refractivity contribution in [2.75, 3.05) is 24.2 Å². The first-order chi connectivity index (χ1) is 18.9. The summed E-state index contributed by atoms with van der Waals surface area (Å²) in [7, 11) is -2.55. The standard InChI is InChI=1S/C30H36ClN3O5S/c1-21(2)32-30(36)27(17-23-12-7-6-8-13-23)33(19-24-14-10-9-11-22(24)3)29(35)20-34(40(5,37)38)26-18-25(31)15-16-28(26)39-4/h6-16,18,21,27H,17,19-20H2,1-5H3,(H,32,36)/t27-/m1/s1. The maximum absolute atomic E-state index is 14.2. The van der Waals surface area contributed by atoms with E-state index in [1.165, 1.54) is 18.1 Å². The lowest BCUT2D eigenvalue weighted by Crippen LogP contribution is -2.54. The number of sulfonamides is 1. The van der Waals surface area contributed by atoms with Crippen LogP contribution >= 0.6 is 11.6 Å². The molecule has 0 fully saturated rings. The van der Waals surface area contributed by atoms with Crippen molar-refractivity contribution in [1.29, 1.82) is 0 Å². The highest BCUT2D eigenvalue weighted by Gasteiger charge is 2.34. The van der Waals surface area contributed by atoms with Gasteiger partial charge in [0.15, 0.2) is 0 Å². The van der Waals surface area contributed by atoms with Crippen molar-refractivity contribution in [3.05, 3.63) is 94.5 Å². The average Bonchev–Trinajstić information content (AvgIpc) is 2.89. The van der Waals surface area contributed by atoms with Crippen molar-refractivity contribution >= 4 is 39.1 Å². The van der Waals surface area contributed by atoms with Gasteiger partial charge in [-0.1, -0.05) is 66.2 Å². The van der Waals surface area contributed by atoms with Gasteiger partial charge in [0.05, 0.1) is 19.1 Å². The summed E-state index contributed by atoms with van der Waals surface area (Å²) in [6.07, 6.45) is 1.26. The van der Waals surface area contributed by atoms with Gasteiger partial charge in [-0.05, 0) is 55.7 Å². The minimum absolute atomic E-state index is 0.110. The molecule has 0 radical (unpaired) electrons. The van der Waals surface area contributed by atoms with Gasteiger partial charge in [0, 0.05) is 24.0 Å². The Bertz CT molecular complexity index is 1430. The smallest absolute Gasteiger partial charge is 0.244 e. The fourth-order valence-corrected chi connectivity index (χ4v) is 5.37. The van der Waals surface area contributed by atoms with Gasteiger partial charge in [0.2, 0.25) is 21.8 Å². The van der Waals surface area contributed by atoms with E-state index in [4.69, 9.17) is 16.3 Å². The molecule has 0 aromatic heterocycles. The van der Waals surface area contributed by atoms with Crippen molar-refractivity contribution in [2.45, 2.75) is 45.8 Å². The highest BCUT2D eigenvalue weighted by Crippen LogP contribution is 2.33. The molecular formula is C30H36ClN3O5S. The summed E-state index contributed by atoms with van der Waals surface area (Å²) >= 11 is 6.20. The first-order valence-corrected chi connectivity index (χ1v) is 15.1. The Morgan fingerprint density at radius 2 is 1.65 bits per heavy atom. The lowest BCUT2D eigenvalue weighted by atomic mass is 10.0. The molecule has 0 bridgehead atoms. The third kappa shape index (κ3) is 8.22. The number of amides is 2. The Morgan fingerprint density at radius 1 is 1.00 bits per heavy atom. The Kier molecular flexibility index (Phi) is 10.6. The van der Waals surface area contributed by atoms with Crippen molar-refractivity contribution < 1.29 is 22.7 Å². The normalized spacial score (nSPS) is 12.1. The predicted molar refractivity (Wildman–Crippen MR) is 159 cm³/mol. The zero-order valence-corrected chi connectivity index (χ0v) is 25.0. The summed E-state index contributed by atoms with van der Waals surface area (Å²) in [6.45, 7) is 5.18. The number of carbonyl (C=O) groups excluding carboxylic acids is 2. The van der Waals surface area contributed by atoms with Gasteiger partial charge in [-0.3, -0.25) is 13.9 Å². The molecule has 0 saturated carbocycles. The van der Waals surface area contributed by atoms with Crippen molar-refractivity contribution in [3.63, 3.8) is 0 Å². The topological polar surface area (TPSA) is 96.0 Å². The van der Waals surface area contributed by atoms with Crippen LogP contribution in [0.1, 0.15) is 30.5 Å². The molecule has 214 valence electrons. The van der Waals surface area contributed by atoms with Crippen LogP contribution in [-0.4, -0.2) is 57.1 Å². The summed E-state index contributed by atoms with van der Waals surface area (Å²) in [5.41, 5.74) is 2.79. The molecule has 0 aliphatic heterocycles. The predicted octanol–water partition coefficient (Wildman–Crippen LogP) is 4.59. The number of aryl methyl sites for hydroxylation is 1. The van der Waals surface area contributed by atoms with Crippen LogP contribution in [-0.2, 0) is 32.6 Å². The Hall–Kier alpha value is -3.56. The highest BCUT2D eigenvalue weighted by molar-refractivity contribution is 7.92. The van der Waals surface area contributed by atoms with Crippen molar-refractivity contribution in [1.82, 2.24) is 10.2 Å². The monoisotopic (exact) mass is 585 g/mol. The minimum atomic E-state index is -3.95. The van der Waals surface area contributed by atoms with Crippen LogP contribution in [0.15, 0.2) is 72.8 Å². The molecule has 3 aromatic carbocycles. The van der Waals surface area contributed by atoms with Crippen LogP contribution in [0.3, 0.4) is 0 Å². The third-order valence-electron chi connectivity index (χ3n) is 6.39. The molecule has 10 heteroatoms. The van der Waals surface area contributed by atoms with Gasteiger partial charge in [-0.15, -0.1) is 0 Å². The summed E-state index contributed by atoms with van der Waals surface area (Å²) in [4.78, 5) is 29.2. The minimum Gasteiger partial charge on any atom is -0.495 e. The zero-order valence-electron chi connectivity index (χ0n) is 23.4. The maximum Gasteiger partial charge on any atom is 0.244 e. The number of hydrogen-bond donors (Lipinski definition) is 1. The summed E-state index contributed by atoms with van der Waals surface area (Å²) < 4.78 is 32.3. The zero-order chi connectivity index (χ0) is 29.4. The fraction of sp³-hybridized carbons (Fsp3) is 0.333. The van der Waals surface area contributed by atoms with Gasteiger partial charge >= 0.3 is 0 Å². The lowest BCUT2D eigenvalue weighted by molar-refractivity contribution is -0.140. The third-order valence-corrected chi connectivity index (χ3v) is 7.75. The second-order valence-electron chi connectivity index (χ2n) is 9.90. The Balaban J connectivity index is 2.11. The summed E-state index contributed by atoms with van der Waals surface area (Å²) in [6, 6.07) is 20.5. The van der Waals surface area contributed by atoms with Crippen molar-refractivity contribution in [3.8, 4) is 5.75 Å². The molecule has 1 N–H and O–H groups in total. The number of ether oxygens (including phenoxy) is 1. The number of methoxy groups -OCH3 is 1. The molecule has 0 aliphatic rings. The number of nitrogens with zero attached hydrogens (tertiary/aromatic N) is 2. The van der Waals surface area contributed by atoms with Crippen molar-refractivity contribution in [2.24, 2.45) is 0 Å². The van der Waals surface area contributed by atoms with Crippen LogP contribution in [0.2, 0.25) is 5.02 Å². The van der Waals surface area contributed by atoms with E-state index >= 15 is 0 Å². The van der Waals surface area contributed by atoms with E-state index in [0.29, 0.717) is 0 Å². The molecule has 0 aliphatic carbocycles. The Morgan fingerprint density at radius 3 is 2.25 bits per heavy atom. The first kappa shape index (κ1) is 31.0. The molecule has 3 aromatic rings. The van der Waals surface area contributed by atoms with Crippen LogP contribution in [0.25, 0.3) is 0 Å². The van der Waals surface area contributed by atoms with E-state index < -0.39 is 28.5 Å². The number of carbonyl (C=O) groups is 2. The van der Waals surface area contributed by atoms with Gasteiger partial charge in [-0.25, -0.2) is 8.42 Å². The molecule has 0 heterocycles. The van der Waals surface area contributed by atoms with Gasteiger partial charge < -0.3 is 15.0 Å². The van der Waals surface area contributed by atoms with E-state index in [0.717, 1.165) is 27.3 Å². The number of hydrogen-bond acceptors (Lipinski definition) is 5. The number of benzene rings is 3. The van der Waals surface area contributed by atoms with E-state index in [1.807, 2.05) is 75.4 Å². The van der Waals surface area contributed by atoms with E-state index in [1.54, 1.807) is 12.1 Å². The van der Waals surface area contributed by atoms with Crippen LogP contribution < -0.4 is 14.4 Å². The molecule has 3 rings (SSSR count). The largest absolute Gasteiger partial charge is 0.495 e. The number of anilines is 1. The average molecular weight is 586 g/mol. The van der Waals surface area contributed by atoms with Gasteiger partial charge in [0.25, 0.3) is 0 Å². The molecule has 0 spiro atoms. The number of halogens is 1. The summed E-state index contributed by atoms with van der Waals surface area (Å²) in [5.74, 6) is -0.631. The lowest BCUT2D eigenvalue weighted by Gasteiger charge is -2.34. The first-order valence-electron chi connectivity index (χ1n) is 12.9. The second-order valence-corrected chi connectivity index (χ2v) is 12.2. The molecular weight excluding hydrogens is 550 g/mol. The van der Waals surface area contributed by atoms with Crippen LogP contribution in [0, 0.1) is 6.92 Å². The molecule has 0 saturated heterocycles. The SMILES string of the molecule is COc1ccc(Cl)cc1N(CC(=O)N(Cc1ccccc1C)[C@H](Cc1ccccc1)C(=O)NC(C)C)S(C)(=O)=O. The number of rotatable bonds is 12. The van der Waals surface area contributed by atoms with Gasteiger partial charge in [-0.2, -0.15) is 0 Å². The highest BCUT2D eigenvalue weighted by atomic mass is 35.5. The number of nitrogens with one attached hydrogen (secondary N) is 1. The molecule has 1 atom stereocenters. The molecule has 8 nitrogen and oxygen atoms in total. The quantitative estimate of drug-likeness (QED) is 0.335. The second kappa shape index (κ2) is 13.7. The molecule has 0 unspecified atom stereocenters. The van der Waals surface area contributed by atoms with Crippen LogP contribution in [0.5, 0.6) is 5.75 Å². The van der Waals surface area contributed by atoms with E-state index in [9.17, 15) is 18.0 Å².